The van der Waals surface area contributed by atoms with Crippen LogP contribution in [-0.4, -0.2) is 15.0 Å². The third-order valence-corrected chi connectivity index (χ3v) is 5.71. The first kappa shape index (κ1) is 16.9. The van der Waals surface area contributed by atoms with E-state index in [1.165, 1.54) is 10.4 Å². The fraction of sp³-hybridized carbons (Fsp3) is 0.125. The van der Waals surface area contributed by atoms with E-state index in [4.69, 9.17) is 23.2 Å². The smallest absolute Gasteiger partial charge is 0.261 e. The normalized spacial score (nSPS) is 11.2. The molecule has 0 N–H and O–H groups in total. The predicted octanol–water partition coefficient (Wildman–Crippen LogP) is 4.68. The summed E-state index contributed by atoms with van der Waals surface area (Å²) in [7, 11) is -3.75. The van der Waals surface area contributed by atoms with Gasteiger partial charge in [-0.3, -0.25) is 4.31 Å². The molecule has 0 radical (unpaired) electrons. The van der Waals surface area contributed by atoms with Crippen LogP contribution in [0.5, 0.6) is 0 Å². The summed E-state index contributed by atoms with van der Waals surface area (Å²) in [6.45, 7) is 5.61. The van der Waals surface area contributed by atoms with Crippen LogP contribution >= 0.6 is 23.2 Å². The van der Waals surface area contributed by atoms with Gasteiger partial charge in [0.2, 0.25) is 0 Å². The fourth-order valence-electron chi connectivity index (χ4n) is 1.97. The van der Waals surface area contributed by atoms with Crippen LogP contribution in [0.2, 0.25) is 10.0 Å². The van der Waals surface area contributed by atoms with Gasteiger partial charge in [-0.15, -0.1) is 6.58 Å². The Kier molecular flexibility index (Phi) is 5.16. The van der Waals surface area contributed by atoms with Gasteiger partial charge in [0.05, 0.1) is 27.2 Å². The molecular weight excluding hydrogens is 341 g/mol. The molecule has 2 rings (SSSR count). The second-order valence-electron chi connectivity index (χ2n) is 4.71. The average Bonchev–Trinajstić information content (AvgIpc) is 2.48. The van der Waals surface area contributed by atoms with E-state index in [2.05, 4.69) is 6.58 Å². The lowest BCUT2D eigenvalue weighted by Gasteiger charge is -2.24. The standard InChI is InChI=1S/C16H15Cl2NO2S/c1-3-11-19(15-6-4-5-14(17)16(15)18)22(20,21)13-9-7-12(2)8-10-13/h3-10H,1,11H2,2H3. The van der Waals surface area contributed by atoms with Crippen LogP contribution in [0.1, 0.15) is 5.56 Å². The van der Waals surface area contributed by atoms with Gasteiger partial charge < -0.3 is 0 Å². The van der Waals surface area contributed by atoms with Crippen LogP contribution in [0.3, 0.4) is 0 Å². The van der Waals surface area contributed by atoms with Crippen LogP contribution in [-0.2, 0) is 10.0 Å². The molecule has 0 aliphatic rings. The molecule has 0 heterocycles. The number of halogens is 2. The van der Waals surface area contributed by atoms with Crippen LogP contribution < -0.4 is 4.31 Å². The van der Waals surface area contributed by atoms with Crippen molar-refractivity contribution in [2.45, 2.75) is 11.8 Å². The Labute approximate surface area is 140 Å². The number of nitrogens with zero attached hydrogens (tertiary/aromatic N) is 1. The Hall–Kier alpha value is -1.49. The molecule has 0 saturated carbocycles. The summed E-state index contributed by atoms with van der Waals surface area (Å²) in [4.78, 5) is 0.191. The number of hydrogen-bond donors (Lipinski definition) is 0. The van der Waals surface area contributed by atoms with Gasteiger partial charge in [0, 0.05) is 0 Å². The minimum absolute atomic E-state index is 0.0935. The van der Waals surface area contributed by atoms with Gasteiger partial charge in [-0.1, -0.05) is 53.0 Å². The van der Waals surface area contributed by atoms with Gasteiger partial charge in [0.25, 0.3) is 10.0 Å². The first-order valence-corrected chi connectivity index (χ1v) is 8.72. The second-order valence-corrected chi connectivity index (χ2v) is 7.36. The first-order chi connectivity index (χ1) is 10.4. The molecule has 6 heteroatoms. The summed E-state index contributed by atoms with van der Waals surface area (Å²) in [5, 5.41) is 0.494. The number of rotatable bonds is 5. The maximum Gasteiger partial charge on any atom is 0.264 e. The zero-order valence-corrected chi connectivity index (χ0v) is 14.3. The largest absolute Gasteiger partial charge is 0.264 e. The van der Waals surface area contributed by atoms with Crippen molar-refractivity contribution in [2.24, 2.45) is 0 Å². The lowest BCUT2D eigenvalue weighted by molar-refractivity contribution is 0.593. The van der Waals surface area contributed by atoms with E-state index in [0.717, 1.165) is 5.56 Å². The Bertz CT molecular complexity index is 786. The second kappa shape index (κ2) is 6.73. The van der Waals surface area contributed by atoms with Crippen LogP contribution in [0, 0.1) is 6.92 Å². The minimum Gasteiger partial charge on any atom is -0.261 e. The summed E-state index contributed by atoms with van der Waals surface area (Å²) >= 11 is 12.2. The highest BCUT2D eigenvalue weighted by Crippen LogP contribution is 2.35. The lowest BCUT2D eigenvalue weighted by Crippen LogP contribution is -2.31. The summed E-state index contributed by atoms with van der Waals surface area (Å²) < 4.78 is 26.9. The van der Waals surface area contributed by atoms with E-state index in [1.54, 1.807) is 42.5 Å². The van der Waals surface area contributed by atoms with Gasteiger partial charge in [-0.25, -0.2) is 8.42 Å². The maximum absolute atomic E-state index is 12.9. The van der Waals surface area contributed by atoms with Gasteiger partial charge in [0.1, 0.15) is 0 Å². The third kappa shape index (κ3) is 3.29. The van der Waals surface area contributed by atoms with E-state index in [1.807, 2.05) is 6.92 Å². The molecule has 2 aromatic carbocycles. The van der Waals surface area contributed by atoms with Crippen LogP contribution in [0.4, 0.5) is 5.69 Å². The van der Waals surface area contributed by atoms with Crippen molar-refractivity contribution >= 4 is 38.9 Å². The molecule has 0 saturated heterocycles. The van der Waals surface area contributed by atoms with Crippen molar-refractivity contribution < 1.29 is 8.42 Å². The average molecular weight is 356 g/mol. The predicted molar refractivity (Wildman–Crippen MR) is 92.4 cm³/mol. The molecule has 0 fully saturated rings. The van der Waals surface area contributed by atoms with E-state index in [-0.39, 0.29) is 16.5 Å². The summed E-state index contributed by atoms with van der Waals surface area (Å²) in [5.74, 6) is 0. The molecule has 3 nitrogen and oxygen atoms in total. The summed E-state index contributed by atoms with van der Waals surface area (Å²) in [5.41, 5.74) is 1.31. The highest BCUT2D eigenvalue weighted by molar-refractivity contribution is 7.92. The van der Waals surface area contributed by atoms with E-state index < -0.39 is 10.0 Å². The minimum atomic E-state index is -3.75. The number of aryl methyl sites for hydroxylation is 1. The zero-order chi connectivity index (χ0) is 16.3. The monoisotopic (exact) mass is 355 g/mol. The van der Waals surface area contributed by atoms with Crippen molar-refractivity contribution in [2.75, 3.05) is 10.8 Å². The van der Waals surface area contributed by atoms with Crippen LogP contribution in [0.25, 0.3) is 0 Å². The quantitative estimate of drug-likeness (QED) is 0.730. The molecule has 0 aliphatic heterocycles. The summed E-state index contributed by atoms with van der Waals surface area (Å²) in [6, 6.07) is 11.5. The Morgan fingerprint density at radius 1 is 1.14 bits per heavy atom. The van der Waals surface area contributed by atoms with E-state index >= 15 is 0 Å². The molecule has 0 spiro atoms. The molecule has 0 aromatic heterocycles. The first-order valence-electron chi connectivity index (χ1n) is 6.52. The molecule has 2 aromatic rings. The topological polar surface area (TPSA) is 37.4 Å². The highest BCUT2D eigenvalue weighted by atomic mass is 35.5. The molecule has 0 aliphatic carbocycles. The molecule has 22 heavy (non-hydrogen) atoms. The van der Waals surface area contributed by atoms with Gasteiger partial charge >= 0.3 is 0 Å². The Balaban J connectivity index is 2.58. The fourth-order valence-corrected chi connectivity index (χ4v) is 3.86. The van der Waals surface area contributed by atoms with Crippen molar-refractivity contribution in [1.82, 2.24) is 0 Å². The van der Waals surface area contributed by atoms with Crippen molar-refractivity contribution in [3.8, 4) is 0 Å². The number of anilines is 1. The summed E-state index contributed by atoms with van der Waals surface area (Å²) in [6.07, 6.45) is 1.50. The highest BCUT2D eigenvalue weighted by Gasteiger charge is 2.26. The van der Waals surface area contributed by atoms with Crippen molar-refractivity contribution in [1.29, 1.82) is 0 Å². The van der Waals surface area contributed by atoms with Crippen LogP contribution in [0.15, 0.2) is 60.0 Å². The van der Waals surface area contributed by atoms with Gasteiger partial charge in [-0.05, 0) is 31.2 Å². The van der Waals surface area contributed by atoms with Gasteiger partial charge in [-0.2, -0.15) is 0 Å². The number of benzene rings is 2. The number of sulfonamides is 1. The number of hydrogen-bond acceptors (Lipinski definition) is 2. The van der Waals surface area contributed by atoms with Gasteiger partial charge in [0.15, 0.2) is 0 Å². The molecule has 0 bridgehead atoms. The zero-order valence-electron chi connectivity index (χ0n) is 12.0. The molecule has 0 unspecified atom stereocenters. The van der Waals surface area contributed by atoms with E-state index in [9.17, 15) is 8.42 Å². The Morgan fingerprint density at radius 3 is 2.36 bits per heavy atom. The molecule has 0 atom stereocenters. The SMILES string of the molecule is C=CCN(c1cccc(Cl)c1Cl)S(=O)(=O)c1ccc(C)cc1. The molecular formula is C16H15Cl2NO2S. The van der Waals surface area contributed by atoms with E-state index in [0.29, 0.717) is 10.7 Å². The Morgan fingerprint density at radius 2 is 1.77 bits per heavy atom. The third-order valence-electron chi connectivity index (χ3n) is 3.10. The maximum atomic E-state index is 12.9. The van der Waals surface area contributed by atoms with Crippen molar-refractivity contribution in [3.63, 3.8) is 0 Å². The van der Waals surface area contributed by atoms with Crippen molar-refractivity contribution in [3.05, 3.63) is 70.7 Å². The lowest BCUT2D eigenvalue weighted by atomic mass is 10.2. The molecule has 0 amide bonds. The molecule has 116 valence electrons.